The highest BCUT2D eigenvalue weighted by Gasteiger charge is 2.14. The molecule has 0 bridgehead atoms. The summed E-state index contributed by atoms with van der Waals surface area (Å²) in [6.45, 7) is 6.70. The summed E-state index contributed by atoms with van der Waals surface area (Å²) < 4.78 is 5.19. The van der Waals surface area contributed by atoms with Crippen LogP contribution in [0.15, 0.2) is 24.4 Å². The van der Waals surface area contributed by atoms with Gasteiger partial charge in [-0.2, -0.15) is 4.98 Å². The number of hydrogen-bond donors (Lipinski definition) is 1. The lowest BCUT2D eigenvalue weighted by atomic mass is 9.86. The molecule has 1 aromatic heterocycles. The minimum absolute atomic E-state index is 0.0373. The van der Waals surface area contributed by atoms with Gasteiger partial charge in [-0.1, -0.05) is 26.8 Å². The molecule has 2 aromatic rings. The molecule has 0 fully saturated rings. The molecule has 18 heavy (non-hydrogen) atoms. The van der Waals surface area contributed by atoms with Crippen molar-refractivity contribution in [1.82, 2.24) is 9.97 Å². The minimum atomic E-state index is -0.0373. The van der Waals surface area contributed by atoms with Gasteiger partial charge in [-0.05, 0) is 23.1 Å². The van der Waals surface area contributed by atoms with Gasteiger partial charge in [0.15, 0.2) is 0 Å². The van der Waals surface area contributed by atoms with Crippen LogP contribution in [0.5, 0.6) is 6.01 Å². The summed E-state index contributed by atoms with van der Waals surface area (Å²) in [6, 6.07) is 6.46. The Kier molecular flexibility index (Phi) is 3.48. The van der Waals surface area contributed by atoms with E-state index in [9.17, 15) is 0 Å². The number of benzene rings is 1. The summed E-state index contributed by atoms with van der Waals surface area (Å²) in [5.41, 5.74) is 2.22. The Labute approximate surface area is 107 Å². The first-order chi connectivity index (χ1) is 8.50. The molecule has 0 atom stereocenters. The van der Waals surface area contributed by atoms with Crippen molar-refractivity contribution >= 4 is 10.9 Å². The van der Waals surface area contributed by atoms with E-state index >= 15 is 0 Å². The van der Waals surface area contributed by atoms with Gasteiger partial charge in [-0.25, -0.2) is 4.98 Å². The molecule has 2 rings (SSSR count). The molecule has 0 aliphatic heterocycles. The van der Waals surface area contributed by atoms with Crippen LogP contribution in [0.25, 0.3) is 10.9 Å². The molecular formula is C14H18N2O2. The topological polar surface area (TPSA) is 55.2 Å². The normalized spacial score (nSPS) is 11.8. The van der Waals surface area contributed by atoms with E-state index < -0.39 is 0 Å². The fourth-order valence-electron chi connectivity index (χ4n) is 1.69. The van der Waals surface area contributed by atoms with E-state index in [0.29, 0.717) is 6.01 Å². The van der Waals surface area contributed by atoms with Gasteiger partial charge in [-0.15, -0.1) is 0 Å². The summed E-state index contributed by atoms with van der Waals surface area (Å²) >= 11 is 0. The zero-order valence-electron chi connectivity index (χ0n) is 11.0. The highest BCUT2D eigenvalue weighted by Crippen LogP contribution is 2.25. The predicted molar refractivity (Wildman–Crippen MR) is 70.8 cm³/mol. The number of fused-ring (bicyclic) bond motifs is 1. The van der Waals surface area contributed by atoms with Gasteiger partial charge in [0.25, 0.3) is 0 Å². The van der Waals surface area contributed by atoms with Crippen LogP contribution < -0.4 is 4.74 Å². The highest BCUT2D eigenvalue weighted by atomic mass is 16.5. The fraction of sp³-hybridized carbons (Fsp3) is 0.429. The second-order valence-corrected chi connectivity index (χ2v) is 5.25. The maximum atomic E-state index is 8.69. The summed E-state index contributed by atoms with van der Waals surface area (Å²) in [5.74, 6) is 0. The fourth-order valence-corrected chi connectivity index (χ4v) is 1.69. The number of ether oxygens (including phenoxy) is 1. The Morgan fingerprint density at radius 1 is 1.28 bits per heavy atom. The zero-order valence-corrected chi connectivity index (χ0v) is 11.0. The van der Waals surface area contributed by atoms with Crippen LogP contribution in [0.4, 0.5) is 0 Å². The van der Waals surface area contributed by atoms with Gasteiger partial charge in [0.1, 0.15) is 6.61 Å². The quantitative estimate of drug-likeness (QED) is 0.902. The Morgan fingerprint density at radius 3 is 2.72 bits per heavy atom. The number of hydrogen-bond acceptors (Lipinski definition) is 4. The van der Waals surface area contributed by atoms with Crippen molar-refractivity contribution in [2.24, 2.45) is 0 Å². The number of nitrogens with zero attached hydrogens (tertiary/aromatic N) is 2. The molecule has 4 heteroatoms. The molecule has 0 aliphatic rings. The smallest absolute Gasteiger partial charge is 0.316 e. The molecule has 1 heterocycles. The van der Waals surface area contributed by atoms with Crippen molar-refractivity contribution in [3.05, 3.63) is 30.0 Å². The number of aliphatic hydroxyl groups is 1. The van der Waals surface area contributed by atoms with Crippen molar-refractivity contribution in [3.8, 4) is 6.01 Å². The summed E-state index contributed by atoms with van der Waals surface area (Å²) in [4.78, 5) is 8.41. The SMILES string of the molecule is CC(C)(C)c1ccc2nc(OCCO)ncc2c1. The molecule has 4 nitrogen and oxygen atoms in total. The molecule has 1 aromatic carbocycles. The van der Waals surface area contributed by atoms with Crippen molar-refractivity contribution in [3.63, 3.8) is 0 Å². The van der Waals surface area contributed by atoms with Crippen LogP contribution in [-0.4, -0.2) is 28.3 Å². The lowest BCUT2D eigenvalue weighted by molar-refractivity contribution is 0.192. The third-order valence-electron chi connectivity index (χ3n) is 2.75. The molecule has 0 saturated heterocycles. The van der Waals surface area contributed by atoms with E-state index in [4.69, 9.17) is 9.84 Å². The van der Waals surface area contributed by atoms with E-state index in [0.717, 1.165) is 10.9 Å². The van der Waals surface area contributed by atoms with Gasteiger partial charge < -0.3 is 9.84 Å². The van der Waals surface area contributed by atoms with Crippen LogP contribution in [-0.2, 0) is 5.41 Å². The van der Waals surface area contributed by atoms with Crippen LogP contribution in [0.1, 0.15) is 26.3 Å². The molecule has 1 N–H and O–H groups in total. The van der Waals surface area contributed by atoms with E-state index in [2.05, 4.69) is 42.9 Å². The van der Waals surface area contributed by atoms with E-state index in [1.807, 2.05) is 6.07 Å². The van der Waals surface area contributed by atoms with Gasteiger partial charge in [-0.3, -0.25) is 0 Å². The van der Waals surface area contributed by atoms with Crippen molar-refractivity contribution < 1.29 is 9.84 Å². The largest absolute Gasteiger partial charge is 0.461 e. The Bertz CT molecular complexity index is 547. The zero-order chi connectivity index (χ0) is 13.2. The third kappa shape index (κ3) is 2.76. The molecule has 0 aliphatic carbocycles. The summed E-state index contributed by atoms with van der Waals surface area (Å²) in [6.07, 6.45) is 1.75. The first kappa shape index (κ1) is 12.8. The van der Waals surface area contributed by atoms with Gasteiger partial charge in [0, 0.05) is 11.6 Å². The maximum absolute atomic E-state index is 8.69. The Balaban J connectivity index is 2.36. The second-order valence-electron chi connectivity index (χ2n) is 5.25. The van der Waals surface area contributed by atoms with Crippen LogP contribution in [0, 0.1) is 0 Å². The molecule has 0 spiro atoms. The molecule has 0 unspecified atom stereocenters. The number of rotatable bonds is 3. The molecular weight excluding hydrogens is 228 g/mol. The van der Waals surface area contributed by atoms with E-state index in [-0.39, 0.29) is 18.6 Å². The first-order valence-corrected chi connectivity index (χ1v) is 6.01. The minimum Gasteiger partial charge on any atom is -0.461 e. The standard InChI is InChI=1S/C14H18N2O2/c1-14(2,3)11-4-5-12-10(8-11)9-15-13(16-12)18-7-6-17/h4-5,8-9,17H,6-7H2,1-3H3. The van der Waals surface area contributed by atoms with Gasteiger partial charge in [0.2, 0.25) is 0 Å². The molecule has 0 saturated carbocycles. The van der Waals surface area contributed by atoms with Gasteiger partial charge in [0.05, 0.1) is 12.1 Å². The van der Waals surface area contributed by atoms with Crippen LogP contribution in [0.2, 0.25) is 0 Å². The predicted octanol–water partition coefficient (Wildman–Crippen LogP) is 2.30. The van der Waals surface area contributed by atoms with Crippen molar-refractivity contribution in [2.45, 2.75) is 26.2 Å². The Morgan fingerprint density at radius 2 is 2.06 bits per heavy atom. The lowest BCUT2D eigenvalue weighted by Gasteiger charge is -2.19. The average Bonchev–Trinajstić information content (AvgIpc) is 2.34. The first-order valence-electron chi connectivity index (χ1n) is 6.01. The molecule has 0 radical (unpaired) electrons. The van der Waals surface area contributed by atoms with E-state index in [1.54, 1.807) is 6.20 Å². The second kappa shape index (κ2) is 4.90. The van der Waals surface area contributed by atoms with Crippen molar-refractivity contribution in [2.75, 3.05) is 13.2 Å². The number of aromatic nitrogens is 2. The maximum Gasteiger partial charge on any atom is 0.316 e. The van der Waals surface area contributed by atoms with E-state index in [1.165, 1.54) is 5.56 Å². The average molecular weight is 246 g/mol. The summed E-state index contributed by atoms with van der Waals surface area (Å²) in [7, 11) is 0. The monoisotopic (exact) mass is 246 g/mol. The van der Waals surface area contributed by atoms with Crippen molar-refractivity contribution in [1.29, 1.82) is 0 Å². The summed E-state index contributed by atoms with van der Waals surface area (Å²) in [5, 5.41) is 9.69. The van der Waals surface area contributed by atoms with Gasteiger partial charge >= 0.3 is 6.01 Å². The molecule has 96 valence electrons. The van der Waals surface area contributed by atoms with Crippen LogP contribution in [0.3, 0.4) is 0 Å². The highest BCUT2D eigenvalue weighted by molar-refractivity contribution is 5.78. The number of aliphatic hydroxyl groups excluding tert-OH is 1. The van der Waals surface area contributed by atoms with Crippen LogP contribution >= 0.6 is 0 Å². The lowest BCUT2D eigenvalue weighted by Crippen LogP contribution is -2.10. The molecule has 0 amide bonds. The third-order valence-corrected chi connectivity index (χ3v) is 2.75. The Hall–Kier alpha value is -1.68.